The molecule has 78 valence electrons. The highest BCUT2D eigenvalue weighted by Crippen LogP contribution is 2.46. The molecule has 0 N–H and O–H groups in total. The van der Waals surface area contributed by atoms with E-state index in [-0.39, 0.29) is 0 Å². The van der Waals surface area contributed by atoms with Crippen LogP contribution in [0.5, 0.6) is 0 Å². The monoisotopic (exact) mass is 191 g/mol. The number of hydrogen-bond donors (Lipinski definition) is 0. The van der Waals surface area contributed by atoms with Crippen LogP contribution in [-0.4, -0.2) is 23.5 Å². The van der Waals surface area contributed by atoms with E-state index >= 15 is 0 Å². The third-order valence-electron chi connectivity index (χ3n) is 4.71. The molecule has 0 aromatic rings. The van der Waals surface area contributed by atoms with Crippen LogP contribution in [0.25, 0.3) is 0 Å². The zero-order valence-electron chi connectivity index (χ0n) is 9.31. The summed E-state index contributed by atoms with van der Waals surface area (Å²) in [5.74, 6) is 0. The van der Waals surface area contributed by atoms with Gasteiger partial charge in [-0.05, 0) is 52.0 Å². The van der Waals surface area contributed by atoms with Crippen molar-refractivity contribution in [3.8, 4) is 0 Å². The predicted octanol–water partition coefficient (Wildman–Crippen LogP) is 3.12. The maximum absolute atomic E-state index is 2.76. The number of fused-ring (bicyclic) bond motifs is 2. The molecule has 3 aliphatic rings. The van der Waals surface area contributed by atoms with E-state index in [0.29, 0.717) is 5.54 Å². The van der Waals surface area contributed by atoms with Crippen LogP contribution in [0.3, 0.4) is 0 Å². The Bertz CT molecular complexity index is 279. The minimum absolute atomic E-state index is 0.488. The first-order chi connectivity index (χ1) is 6.81. The van der Waals surface area contributed by atoms with Crippen molar-refractivity contribution in [1.29, 1.82) is 0 Å². The van der Waals surface area contributed by atoms with Gasteiger partial charge in [-0.1, -0.05) is 17.6 Å². The molecule has 1 aliphatic carbocycles. The highest BCUT2D eigenvalue weighted by Gasteiger charge is 2.42. The van der Waals surface area contributed by atoms with Gasteiger partial charge in [0, 0.05) is 12.1 Å². The van der Waals surface area contributed by atoms with Crippen molar-refractivity contribution in [3.05, 3.63) is 11.1 Å². The lowest BCUT2D eigenvalue weighted by molar-refractivity contribution is 0.0805. The molecule has 2 heterocycles. The van der Waals surface area contributed by atoms with Gasteiger partial charge in [-0.15, -0.1) is 0 Å². The molecular formula is C13H21N. The summed E-state index contributed by atoms with van der Waals surface area (Å²) in [5.41, 5.74) is 4.18. The van der Waals surface area contributed by atoms with E-state index in [9.17, 15) is 0 Å². The Hall–Kier alpha value is -0.300. The summed E-state index contributed by atoms with van der Waals surface area (Å²) >= 11 is 0. The molecular weight excluding hydrogens is 170 g/mol. The van der Waals surface area contributed by atoms with Gasteiger partial charge in [0.05, 0.1) is 0 Å². The molecule has 1 unspecified atom stereocenters. The summed E-state index contributed by atoms with van der Waals surface area (Å²) in [7, 11) is 0. The first kappa shape index (κ1) is 8.96. The molecule has 1 saturated heterocycles. The lowest BCUT2D eigenvalue weighted by Crippen LogP contribution is -2.53. The van der Waals surface area contributed by atoms with Crippen molar-refractivity contribution in [2.45, 2.75) is 57.4 Å². The fraction of sp³-hybridized carbons (Fsp3) is 0.846. The fourth-order valence-electron chi connectivity index (χ4n) is 3.88. The Morgan fingerprint density at radius 2 is 1.93 bits per heavy atom. The van der Waals surface area contributed by atoms with Crippen molar-refractivity contribution in [2.75, 3.05) is 13.1 Å². The molecule has 3 rings (SSSR count). The van der Waals surface area contributed by atoms with Gasteiger partial charge in [0.2, 0.25) is 0 Å². The van der Waals surface area contributed by atoms with Gasteiger partial charge in [-0.3, -0.25) is 4.90 Å². The van der Waals surface area contributed by atoms with E-state index < -0.39 is 0 Å². The van der Waals surface area contributed by atoms with Crippen LogP contribution >= 0.6 is 0 Å². The highest BCUT2D eigenvalue weighted by molar-refractivity contribution is 5.33. The number of nitrogens with zero attached hydrogens (tertiary/aromatic N) is 1. The van der Waals surface area contributed by atoms with E-state index in [1.54, 1.807) is 0 Å². The molecule has 14 heavy (non-hydrogen) atoms. The number of rotatable bonds is 0. The summed E-state index contributed by atoms with van der Waals surface area (Å²) < 4.78 is 0. The average Bonchev–Trinajstić information content (AvgIpc) is 2.66. The SMILES string of the molecule is CC12CCCCN1CCC1=C2CCC1. The topological polar surface area (TPSA) is 3.24 Å². The lowest BCUT2D eigenvalue weighted by atomic mass is 9.77. The first-order valence-electron chi connectivity index (χ1n) is 6.27. The summed E-state index contributed by atoms with van der Waals surface area (Å²) in [6, 6.07) is 0. The van der Waals surface area contributed by atoms with Crippen LogP contribution in [0.2, 0.25) is 0 Å². The predicted molar refractivity (Wildman–Crippen MR) is 59.3 cm³/mol. The second-order valence-corrected chi connectivity index (χ2v) is 5.40. The molecule has 0 radical (unpaired) electrons. The third kappa shape index (κ3) is 1.11. The van der Waals surface area contributed by atoms with Crippen LogP contribution in [0, 0.1) is 0 Å². The van der Waals surface area contributed by atoms with E-state index in [1.165, 1.54) is 58.0 Å². The molecule has 0 spiro atoms. The van der Waals surface area contributed by atoms with Crippen molar-refractivity contribution < 1.29 is 0 Å². The molecule has 0 aromatic heterocycles. The van der Waals surface area contributed by atoms with Crippen LogP contribution in [0.4, 0.5) is 0 Å². The molecule has 0 aromatic carbocycles. The van der Waals surface area contributed by atoms with Gasteiger partial charge in [-0.25, -0.2) is 0 Å². The van der Waals surface area contributed by atoms with Gasteiger partial charge < -0.3 is 0 Å². The number of piperidine rings is 1. The smallest absolute Gasteiger partial charge is 0.0395 e. The Morgan fingerprint density at radius 1 is 1.00 bits per heavy atom. The summed E-state index contributed by atoms with van der Waals surface area (Å²) in [6.45, 7) is 5.20. The lowest BCUT2D eigenvalue weighted by Gasteiger charge is -2.49. The standard InChI is InChI=1S/C13H21N/c1-13-8-2-3-9-14(13)10-7-11-5-4-6-12(11)13/h2-10H2,1H3. The molecule has 1 nitrogen and oxygen atoms in total. The Morgan fingerprint density at radius 3 is 2.86 bits per heavy atom. The molecule has 0 saturated carbocycles. The summed E-state index contributed by atoms with van der Waals surface area (Å²) in [6.07, 6.45) is 9.94. The average molecular weight is 191 g/mol. The molecule has 1 heteroatoms. The minimum atomic E-state index is 0.488. The number of hydrogen-bond acceptors (Lipinski definition) is 1. The molecule has 1 atom stereocenters. The van der Waals surface area contributed by atoms with Crippen molar-refractivity contribution >= 4 is 0 Å². The third-order valence-corrected chi connectivity index (χ3v) is 4.71. The van der Waals surface area contributed by atoms with E-state index in [2.05, 4.69) is 11.8 Å². The molecule has 1 fully saturated rings. The Labute approximate surface area is 87.2 Å². The Kier molecular flexibility index (Phi) is 1.98. The summed E-state index contributed by atoms with van der Waals surface area (Å²) in [5, 5.41) is 0. The zero-order valence-corrected chi connectivity index (χ0v) is 9.31. The van der Waals surface area contributed by atoms with Gasteiger partial charge in [0.1, 0.15) is 0 Å². The van der Waals surface area contributed by atoms with Gasteiger partial charge in [0.25, 0.3) is 0 Å². The molecule has 0 amide bonds. The molecule has 2 aliphatic heterocycles. The van der Waals surface area contributed by atoms with E-state index in [0.717, 1.165) is 0 Å². The largest absolute Gasteiger partial charge is 0.294 e. The maximum Gasteiger partial charge on any atom is 0.0395 e. The first-order valence-corrected chi connectivity index (χ1v) is 6.27. The minimum Gasteiger partial charge on any atom is -0.294 e. The van der Waals surface area contributed by atoms with Crippen molar-refractivity contribution in [1.82, 2.24) is 4.90 Å². The highest BCUT2D eigenvalue weighted by atomic mass is 15.2. The normalized spacial score (nSPS) is 38.4. The van der Waals surface area contributed by atoms with Crippen molar-refractivity contribution in [3.63, 3.8) is 0 Å². The maximum atomic E-state index is 2.76. The second kappa shape index (κ2) is 3.10. The van der Waals surface area contributed by atoms with E-state index in [4.69, 9.17) is 0 Å². The van der Waals surface area contributed by atoms with Gasteiger partial charge >= 0.3 is 0 Å². The summed E-state index contributed by atoms with van der Waals surface area (Å²) in [4.78, 5) is 2.76. The zero-order chi connectivity index (χ0) is 9.60. The second-order valence-electron chi connectivity index (χ2n) is 5.40. The van der Waals surface area contributed by atoms with E-state index in [1.807, 2.05) is 11.1 Å². The van der Waals surface area contributed by atoms with Crippen molar-refractivity contribution in [2.24, 2.45) is 0 Å². The fourth-order valence-corrected chi connectivity index (χ4v) is 3.88. The van der Waals surface area contributed by atoms with Crippen LogP contribution in [0.15, 0.2) is 11.1 Å². The van der Waals surface area contributed by atoms with Crippen LogP contribution in [0.1, 0.15) is 51.9 Å². The molecule has 0 bridgehead atoms. The quantitative estimate of drug-likeness (QED) is 0.532. The van der Waals surface area contributed by atoms with Crippen LogP contribution < -0.4 is 0 Å². The van der Waals surface area contributed by atoms with Gasteiger partial charge in [-0.2, -0.15) is 0 Å². The van der Waals surface area contributed by atoms with Gasteiger partial charge in [0.15, 0.2) is 0 Å². The Balaban J connectivity index is 1.98. The van der Waals surface area contributed by atoms with Crippen LogP contribution in [-0.2, 0) is 0 Å².